The third-order valence-corrected chi connectivity index (χ3v) is 3.12. The Kier molecular flexibility index (Phi) is 5.13. The maximum Gasteiger partial charge on any atom is 0.219 e. The summed E-state index contributed by atoms with van der Waals surface area (Å²) in [5, 5.41) is 3.27. The highest BCUT2D eigenvalue weighted by atomic mass is 16.5. The summed E-state index contributed by atoms with van der Waals surface area (Å²) in [5.74, 6) is 1.96. The smallest absolute Gasteiger partial charge is 0.219 e. The summed E-state index contributed by atoms with van der Waals surface area (Å²) in [6, 6.07) is 12.1. The lowest BCUT2D eigenvalue weighted by atomic mass is 10.0. The highest BCUT2D eigenvalue weighted by Gasteiger charge is 2.03. The van der Waals surface area contributed by atoms with Crippen molar-refractivity contribution in [3.63, 3.8) is 0 Å². The largest absolute Gasteiger partial charge is 0.439 e. The second-order valence-corrected chi connectivity index (χ2v) is 5.11. The molecule has 0 radical (unpaired) electrons. The molecule has 1 heterocycles. The zero-order valence-electron chi connectivity index (χ0n) is 12.4. The van der Waals surface area contributed by atoms with Crippen molar-refractivity contribution in [3.05, 3.63) is 53.7 Å². The van der Waals surface area contributed by atoms with E-state index in [1.54, 1.807) is 0 Å². The van der Waals surface area contributed by atoms with Gasteiger partial charge in [0, 0.05) is 18.8 Å². The summed E-state index contributed by atoms with van der Waals surface area (Å²) in [4.78, 5) is 4.34. The second-order valence-electron chi connectivity index (χ2n) is 5.11. The molecule has 0 saturated heterocycles. The van der Waals surface area contributed by atoms with Gasteiger partial charge in [0.05, 0.1) is 0 Å². The molecule has 0 bridgehead atoms. The molecule has 0 aliphatic rings. The molecular formula is C17H22N2O. The van der Waals surface area contributed by atoms with Crippen LogP contribution < -0.4 is 10.1 Å². The molecular weight excluding hydrogens is 248 g/mol. The van der Waals surface area contributed by atoms with Crippen LogP contribution in [0.2, 0.25) is 0 Å². The van der Waals surface area contributed by atoms with Crippen molar-refractivity contribution in [1.29, 1.82) is 0 Å². The molecule has 1 N–H and O–H groups in total. The molecule has 1 aromatic carbocycles. The minimum absolute atomic E-state index is 0.494. The Morgan fingerprint density at radius 1 is 1.20 bits per heavy atom. The fourth-order valence-corrected chi connectivity index (χ4v) is 1.90. The highest BCUT2D eigenvalue weighted by Crippen LogP contribution is 2.24. The van der Waals surface area contributed by atoms with E-state index in [1.807, 2.05) is 30.5 Å². The van der Waals surface area contributed by atoms with Gasteiger partial charge in [-0.15, -0.1) is 0 Å². The van der Waals surface area contributed by atoms with Gasteiger partial charge in [0.1, 0.15) is 5.75 Å². The van der Waals surface area contributed by atoms with Gasteiger partial charge in [0.15, 0.2) is 0 Å². The Morgan fingerprint density at radius 2 is 2.05 bits per heavy atom. The Morgan fingerprint density at radius 3 is 2.70 bits per heavy atom. The van der Waals surface area contributed by atoms with Crippen molar-refractivity contribution in [1.82, 2.24) is 10.3 Å². The minimum Gasteiger partial charge on any atom is -0.439 e. The van der Waals surface area contributed by atoms with E-state index < -0.39 is 0 Å². The summed E-state index contributed by atoms with van der Waals surface area (Å²) in [7, 11) is 0. The van der Waals surface area contributed by atoms with E-state index in [2.05, 4.69) is 43.2 Å². The van der Waals surface area contributed by atoms with Gasteiger partial charge in [0.2, 0.25) is 5.88 Å². The fraction of sp³-hybridized carbons (Fsp3) is 0.353. The summed E-state index contributed by atoms with van der Waals surface area (Å²) in [6.45, 7) is 8.24. The lowest BCUT2D eigenvalue weighted by molar-refractivity contribution is 0.461. The Balaban J connectivity index is 2.04. The number of nitrogens with zero attached hydrogens (tertiary/aromatic N) is 1. The molecule has 0 aliphatic heterocycles. The predicted octanol–water partition coefficient (Wildman–Crippen LogP) is 4.11. The number of hydrogen-bond donors (Lipinski definition) is 1. The average Bonchev–Trinajstić information content (AvgIpc) is 2.47. The van der Waals surface area contributed by atoms with Crippen LogP contribution in [0.15, 0.2) is 42.6 Å². The number of pyridine rings is 1. The topological polar surface area (TPSA) is 34.1 Å². The molecule has 0 unspecified atom stereocenters. The van der Waals surface area contributed by atoms with E-state index in [0.717, 1.165) is 24.4 Å². The van der Waals surface area contributed by atoms with Gasteiger partial charge in [-0.1, -0.05) is 39.0 Å². The minimum atomic E-state index is 0.494. The van der Waals surface area contributed by atoms with Crippen molar-refractivity contribution >= 4 is 0 Å². The molecule has 0 fully saturated rings. The van der Waals surface area contributed by atoms with Crippen molar-refractivity contribution in [2.75, 3.05) is 6.54 Å². The SMILES string of the molecule is CCNCc1ccc(Oc2cccc(C(C)C)c2)nc1. The van der Waals surface area contributed by atoms with E-state index in [0.29, 0.717) is 11.8 Å². The number of rotatable bonds is 6. The van der Waals surface area contributed by atoms with Crippen LogP contribution in [0.4, 0.5) is 0 Å². The zero-order valence-corrected chi connectivity index (χ0v) is 12.4. The summed E-state index contributed by atoms with van der Waals surface area (Å²) in [5.41, 5.74) is 2.43. The van der Waals surface area contributed by atoms with Crippen LogP contribution in [-0.4, -0.2) is 11.5 Å². The molecule has 3 heteroatoms. The Labute approximate surface area is 121 Å². The zero-order chi connectivity index (χ0) is 14.4. The van der Waals surface area contributed by atoms with E-state index in [-0.39, 0.29) is 0 Å². The molecule has 0 amide bonds. The van der Waals surface area contributed by atoms with Gasteiger partial charge in [-0.3, -0.25) is 0 Å². The monoisotopic (exact) mass is 270 g/mol. The maximum absolute atomic E-state index is 5.80. The summed E-state index contributed by atoms with van der Waals surface area (Å²) < 4.78 is 5.80. The van der Waals surface area contributed by atoms with Gasteiger partial charge in [0.25, 0.3) is 0 Å². The first-order chi connectivity index (χ1) is 9.69. The number of hydrogen-bond acceptors (Lipinski definition) is 3. The van der Waals surface area contributed by atoms with Gasteiger partial charge < -0.3 is 10.1 Å². The lowest BCUT2D eigenvalue weighted by Gasteiger charge is -2.09. The Hall–Kier alpha value is -1.87. The Bertz CT molecular complexity index is 535. The predicted molar refractivity (Wildman–Crippen MR) is 82.2 cm³/mol. The van der Waals surface area contributed by atoms with Crippen molar-refractivity contribution in [2.45, 2.75) is 33.2 Å². The molecule has 3 nitrogen and oxygen atoms in total. The number of ether oxygens (including phenoxy) is 1. The quantitative estimate of drug-likeness (QED) is 0.857. The standard InChI is InChI=1S/C17H22N2O/c1-4-18-11-14-8-9-17(19-12-14)20-16-7-5-6-15(10-16)13(2)3/h5-10,12-13,18H,4,11H2,1-3H3. The molecule has 0 spiro atoms. The van der Waals surface area contributed by atoms with E-state index in [1.165, 1.54) is 5.56 Å². The lowest BCUT2D eigenvalue weighted by Crippen LogP contribution is -2.11. The van der Waals surface area contributed by atoms with Crippen LogP contribution in [0, 0.1) is 0 Å². The van der Waals surface area contributed by atoms with Crippen LogP contribution in [0.5, 0.6) is 11.6 Å². The average molecular weight is 270 g/mol. The molecule has 20 heavy (non-hydrogen) atoms. The highest BCUT2D eigenvalue weighted by molar-refractivity contribution is 5.33. The normalized spacial score (nSPS) is 10.8. The molecule has 106 valence electrons. The number of aromatic nitrogens is 1. The molecule has 2 aromatic rings. The molecule has 1 aromatic heterocycles. The van der Waals surface area contributed by atoms with E-state index in [9.17, 15) is 0 Å². The maximum atomic E-state index is 5.80. The third-order valence-electron chi connectivity index (χ3n) is 3.12. The van der Waals surface area contributed by atoms with Gasteiger partial charge in [-0.2, -0.15) is 0 Å². The first-order valence-electron chi connectivity index (χ1n) is 7.12. The van der Waals surface area contributed by atoms with Crippen molar-refractivity contribution < 1.29 is 4.74 Å². The van der Waals surface area contributed by atoms with Crippen LogP contribution in [0.25, 0.3) is 0 Å². The van der Waals surface area contributed by atoms with Crippen LogP contribution >= 0.6 is 0 Å². The molecule has 0 aliphatic carbocycles. The first kappa shape index (κ1) is 14.5. The third kappa shape index (κ3) is 4.07. The van der Waals surface area contributed by atoms with Crippen LogP contribution in [0.3, 0.4) is 0 Å². The van der Waals surface area contributed by atoms with Gasteiger partial charge in [-0.05, 0) is 35.7 Å². The van der Waals surface area contributed by atoms with Crippen LogP contribution in [0.1, 0.15) is 37.8 Å². The number of nitrogens with one attached hydrogen (secondary N) is 1. The molecule has 0 saturated carbocycles. The molecule has 0 atom stereocenters. The fourth-order valence-electron chi connectivity index (χ4n) is 1.90. The van der Waals surface area contributed by atoms with E-state index in [4.69, 9.17) is 4.74 Å². The molecule has 2 rings (SSSR count). The van der Waals surface area contributed by atoms with Crippen molar-refractivity contribution in [3.8, 4) is 11.6 Å². The summed E-state index contributed by atoms with van der Waals surface area (Å²) >= 11 is 0. The first-order valence-corrected chi connectivity index (χ1v) is 7.12. The summed E-state index contributed by atoms with van der Waals surface area (Å²) in [6.07, 6.45) is 1.85. The van der Waals surface area contributed by atoms with Crippen LogP contribution in [-0.2, 0) is 6.54 Å². The van der Waals surface area contributed by atoms with Gasteiger partial charge in [-0.25, -0.2) is 4.98 Å². The van der Waals surface area contributed by atoms with E-state index >= 15 is 0 Å². The number of benzene rings is 1. The second kappa shape index (κ2) is 7.06. The van der Waals surface area contributed by atoms with Crippen molar-refractivity contribution in [2.24, 2.45) is 0 Å². The van der Waals surface area contributed by atoms with Gasteiger partial charge >= 0.3 is 0 Å².